The van der Waals surface area contributed by atoms with E-state index in [4.69, 9.17) is 0 Å². The van der Waals surface area contributed by atoms with Crippen LogP contribution in [0.4, 0.5) is 0 Å². The first kappa shape index (κ1) is 44.3. The topological polar surface area (TPSA) is 0 Å². The van der Waals surface area contributed by atoms with Crippen molar-refractivity contribution in [1.29, 1.82) is 0 Å². The predicted octanol–water partition coefficient (Wildman–Crippen LogP) is 20.7. The van der Waals surface area contributed by atoms with Crippen LogP contribution in [-0.4, -0.2) is 0 Å². The third-order valence-corrected chi connectivity index (χ3v) is 14.6. The van der Waals surface area contributed by atoms with Gasteiger partial charge in [-0.1, -0.05) is 303 Å². The van der Waals surface area contributed by atoms with Gasteiger partial charge in [-0.05, 0) is 133 Å². The van der Waals surface area contributed by atoms with Gasteiger partial charge in [-0.2, -0.15) is 0 Å². The lowest BCUT2D eigenvalue weighted by Crippen LogP contribution is -2.04. The standard InChI is InChI=1S/C74H50/c1-11-31-51(32-12-1)61-62(52-33-13-2-14-34-52)66(56-41-21-6-22-42-56)72-70(60-49-29-10-30-50-60)74-68(58-45-25-8-26-46-58)64(54-37-17-4-18-38-54)63(53-35-15-3-16-36-53)67(57-43-23-7-24-44-57)73(74)69(59-47-27-9-28-48-59)71(72)65(61)55-39-19-5-20-40-55/h1-50H. The first-order chi connectivity index (χ1) is 36.8. The van der Waals surface area contributed by atoms with Crippen LogP contribution in [0.25, 0.3) is 133 Å². The first-order valence-corrected chi connectivity index (χ1v) is 25.6. The Morgan fingerprint density at radius 2 is 0.203 bits per heavy atom. The van der Waals surface area contributed by atoms with E-state index < -0.39 is 0 Å². The second kappa shape index (κ2) is 19.5. The van der Waals surface area contributed by atoms with Gasteiger partial charge in [0.2, 0.25) is 0 Å². The third kappa shape index (κ3) is 7.73. The molecule has 0 spiro atoms. The number of fused-ring (bicyclic) bond motifs is 2. The lowest BCUT2D eigenvalue weighted by molar-refractivity contribution is 1.55. The molecular weight excluding hydrogens is 889 g/mol. The molecule has 0 amide bonds. The van der Waals surface area contributed by atoms with Gasteiger partial charge >= 0.3 is 0 Å². The molecule has 13 aromatic carbocycles. The molecule has 0 saturated carbocycles. The minimum absolute atomic E-state index is 1.15. The van der Waals surface area contributed by atoms with Gasteiger partial charge in [0.1, 0.15) is 0 Å². The summed E-state index contributed by atoms with van der Waals surface area (Å²) in [6.07, 6.45) is 0. The average molecular weight is 939 g/mol. The zero-order chi connectivity index (χ0) is 49.2. The zero-order valence-electron chi connectivity index (χ0n) is 40.9. The zero-order valence-corrected chi connectivity index (χ0v) is 40.9. The van der Waals surface area contributed by atoms with Gasteiger partial charge in [-0.25, -0.2) is 0 Å². The van der Waals surface area contributed by atoms with E-state index in [1.54, 1.807) is 0 Å². The summed E-state index contributed by atoms with van der Waals surface area (Å²) in [5.74, 6) is 0. The van der Waals surface area contributed by atoms with E-state index in [9.17, 15) is 0 Å². The van der Waals surface area contributed by atoms with Crippen LogP contribution in [0, 0.1) is 0 Å². The van der Waals surface area contributed by atoms with Crippen molar-refractivity contribution >= 4 is 21.5 Å². The summed E-state index contributed by atoms with van der Waals surface area (Å²) in [6.45, 7) is 0. The Morgan fingerprint density at radius 1 is 0.0946 bits per heavy atom. The van der Waals surface area contributed by atoms with Crippen molar-refractivity contribution in [1.82, 2.24) is 0 Å². The maximum Gasteiger partial charge on any atom is -0.0000929 e. The van der Waals surface area contributed by atoms with Crippen LogP contribution in [0.3, 0.4) is 0 Å². The fourth-order valence-corrected chi connectivity index (χ4v) is 11.7. The van der Waals surface area contributed by atoms with E-state index in [0.717, 1.165) is 55.6 Å². The van der Waals surface area contributed by atoms with Gasteiger partial charge in [0, 0.05) is 0 Å². The fraction of sp³-hybridized carbons (Fsp3) is 0. The Hall–Kier alpha value is -9.62. The maximum atomic E-state index is 2.34. The molecule has 0 bridgehead atoms. The molecule has 0 heteroatoms. The Kier molecular flexibility index (Phi) is 11.7. The summed E-state index contributed by atoms with van der Waals surface area (Å²) in [6, 6.07) is 112. The van der Waals surface area contributed by atoms with Crippen LogP contribution >= 0.6 is 0 Å². The number of hydrogen-bond acceptors (Lipinski definition) is 0. The molecular formula is C74H50. The van der Waals surface area contributed by atoms with E-state index in [1.807, 2.05) is 0 Å². The lowest BCUT2D eigenvalue weighted by Gasteiger charge is -2.32. The van der Waals surface area contributed by atoms with Gasteiger partial charge in [0.05, 0.1) is 0 Å². The van der Waals surface area contributed by atoms with E-state index in [-0.39, 0.29) is 0 Å². The van der Waals surface area contributed by atoms with Crippen LogP contribution in [0.1, 0.15) is 0 Å². The highest BCUT2D eigenvalue weighted by atomic mass is 14.4. The Balaban J connectivity index is 1.49. The number of benzene rings is 13. The van der Waals surface area contributed by atoms with Gasteiger partial charge in [-0.3, -0.25) is 0 Å². The molecule has 0 fully saturated rings. The van der Waals surface area contributed by atoms with Crippen LogP contribution in [0.5, 0.6) is 0 Å². The van der Waals surface area contributed by atoms with Crippen LogP contribution in [-0.2, 0) is 0 Å². The molecule has 0 nitrogen and oxygen atoms in total. The quantitative estimate of drug-likeness (QED) is 0.120. The first-order valence-electron chi connectivity index (χ1n) is 25.6. The molecule has 0 aliphatic rings. The van der Waals surface area contributed by atoms with Gasteiger partial charge in [0.15, 0.2) is 0 Å². The predicted molar refractivity (Wildman–Crippen MR) is 316 cm³/mol. The largest absolute Gasteiger partial charge is 0.0622 e. The maximum absolute atomic E-state index is 2.34. The van der Waals surface area contributed by atoms with Gasteiger partial charge in [-0.15, -0.1) is 0 Å². The van der Waals surface area contributed by atoms with Crippen molar-refractivity contribution in [2.45, 2.75) is 0 Å². The smallest absolute Gasteiger partial charge is 0.0000929 e. The molecule has 0 saturated heterocycles. The second-order valence-electron chi connectivity index (χ2n) is 18.9. The highest BCUT2D eigenvalue weighted by Gasteiger charge is 2.34. The average Bonchev–Trinajstić information content (AvgIpc) is 3.56. The minimum Gasteiger partial charge on any atom is -0.0622 e. The van der Waals surface area contributed by atoms with Crippen molar-refractivity contribution < 1.29 is 0 Å². The SMILES string of the molecule is c1ccc(-c2c(-c3ccccc3)c(-c3ccccc3)c3c(-c4ccccc4)c4c(-c5ccccc5)c(-c5ccccc5)c(-c5ccccc5)c(-c5ccccc5)c4c(-c4ccccc4)c3c2-c2ccccc2)cc1. The van der Waals surface area contributed by atoms with E-state index in [2.05, 4.69) is 303 Å². The molecule has 13 aromatic rings. The summed E-state index contributed by atoms with van der Waals surface area (Å²) >= 11 is 0. The Bertz CT molecular complexity index is 3560. The minimum atomic E-state index is 1.15. The van der Waals surface area contributed by atoms with Gasteiger partial charge < -0.3 is 0 Å². The van der Waals surface area contributed by atoms with E-state index in [0.29, 0.717) is 0 Å². The molecule has 13 rings (SSSR count). The van der Waals surface area contributed by atoms with Crippen molar-refractivity contribution in [2.24, 2.45) is 0 Å². The van der Waals surface area contributed by atoms with Crippen LogP contribution < -0.4 is 0 Å². The highest BCUT2D eigenvalue weighted by molar-refractivity contribution is 6.37. The van der Waals surface area contributed by atoms with Gasteiger partial charge in [0.25, 0.3) is 0 Å². The highest BCUT2D eigenvalue weighted by Crippen LogP contribution is 2.62. The molecule has 0 unspecified atom stereocenters. The van der Waals surface area contributed by atoms with Crippen molar-refractivity contribution in [3.63, 3.8) is 0 Å². The number of rotatable bonds is 10. The second-order valence-corrected chi connectivity index (χ2v) is 18.9. The molecule has 0 heterocycles. The molecule has 0 aliphatic heterocycles. The van der Waals surface area contributed by atoms with E-state index in [1.165, 1.54) is 77.2 Å². The lowest BCUT2D eigenvalue weighted by atomic mass is 9.70. The van der Waals surface area contributed by atoms with Crippen LogP contribution in [0.15, 0.2) is 303 Å². The van der Waals surface area contributed by atoms with E-state index >= 15 is 0 Å². The molecule has 0 aliphatic carbocycles. The number of hydrogen-bond donors (Lipinski definition) is 0. The molecule has 0 N–H and O–H groups in total. The molecule has 0 aromatic heterocycles. The summed E-state index contributed by atoms with van der Waals surface area (Å²) in [7, 11) is 0. The summed E-state index contributed by atoms with van der Waals surface area (Å²) in [5.41, 5.74) is 23.4. The molecule has 0 atom stereocenters. The van der Waals surface area contributed by atoms with Crippen molar-refractivity contribution in [3.05, 3.63) is 303 Å². The summed E-state index contributed by atoms with van der Waals surface area (Å²) < 4.78 is 0. The van der Waals surface area contributed by atoms with Crippen molar-refractivity contribution in [2.75, 3.05) is 0 Å². The molecule has 74 heavy (non-hydrogen) atoms. The Labute approximate surface area is 433 Å². The van der Waals surface area contributed by atoms with Crippen molar-refractivity contribution in [3.8, 4) is 111 Å². The monoisotopic (exact) mass is 938 g/mol. The Morgan fingerprint density at radius 3 is 0.338 bits per heavy atom. The summed E-state index contributed by atoms with van der Waals surface area (Å²) in [5, 5.41) is 4.81. The molecule has 346 valence electrons. The fourth-order valence-electron chi connectivity index (χ4n) is 11.7. The summed E-state index contributed by atoms with van der Waals surface area (Å²) in [4.78, 5) is 0. The molecule has 0 radical (unpaired) electrons. The van der Waals surface area contributed by atoms with Crippen LogP contribution in [0.2, 0.25) is 0 Å². The normalized spacial score (nSPS) is 11.2. The third-order valence-electron chi connectivity index (χ3n) is 14.6.